The van der Waals surface area contributed by atoms with Gasteiger partial charge in [-0.15, -0.1) is 0 Å². The lowest BCUT2D eigenvalue weighted by Gasteiger charge is -2.26. The second-order valence-electron chi connectivity index (χ2n) is 8.39. The molecular weight excluding hydrogens is 404 g/mol. The maximum atomic E-state index is 13.0. The second kappa shape index (κ2) is 10.5. The van der Waals surface area contributed by atoms with Crippen molar-refractivity contribution in [3.05, 3.63) is 70.8 Å². The van der Waals surface area contributed by atoms with E-state index >= 15 is 0 Å². The minimum absolute atomic E-state index is 0.124. The van der Waals surface area contributed by atoms with Crippen LogP contribution in [0.3, 0.4) is 0 Å². The number of carbonyl (C=O) groups is 2. The molecule has 1 atom stereocenters. The summed E-state index contributed by atoms with van der Waals surface area (Å²) in [6, 6.07) is 14.1. The third-order valence-electron chi connectivity index (χ3n) is 5.65. The standard InChI is InChI=1S/C26H32N2O4/c1-5-6-16-32-21-13-12-20(17-18(21)2)24(29)22-23(19-10-8-7-9-11-19)28(15-14-27(3)4)26(31)25(22)30/h7-13,17,23,29H,5-6,14-16H2,1-4H3/b24-22+/t23-/m0/s1. The Bertz CT molecular complexity index is 998. The minimum atomic E-state index is -0.656. The molecule has 1 aliphatic heterocycles. The molecule has 2 aromatic carbocycles. The number of ketones is 1. The molecule has 0 unspecified atom stereocenters. The van der Waals surface area contributed by atoms with Crippen LogP contribution in [0.25, 0.3) is 5.76 Å². The molecule has 170 valence electrons. The summed E-state index contributed by atoms with van der Waals surface area (Å²) in [7, 11) is 3.84. The van der Waals surface area contributed by atoms with Gasteiger partial charge in [-0.3, -0.25) is 9.59 Å². The summed E-state index contributed by atoms with van der Waals surface area (Å²) in [4.78, 5) is 29.5. The fourth-order valence-corrected chi connectivity index (χ4v) is 3.84. The summed E-state index contributed by atoms with van der Waals surface area (Å²) in [6.07, 6.45) is 2.01. The van der Waals surface area contributed by atoms with Gasteiger partial charge in [0.1, 0.15) is 11.5 Å². The molecule has 2 aromatic rings. The number of likely N-dealkylation sites (tertiary alicyclic amines) is 1. The fraction of sp³-hybridized carbons (Fsp3) is 0.385. The van der Waals surface area contributed by atoms with Gasteiger partial charge in [0.15, 0.2) is 0 Å². The van der Waals surface area contributed by atoms with E-state index < -0.39 is 17.7 Å². The highest BCUT2D eigenvalue weighted by Crippen LogP contribution is 2.39. The van der Waals surface area contributed by atoms with Crippen molar-refractivity contribution in [1.29, 1.82) is 0 Å². The first kappa shape index (κ1) is 23.5. The molecule has 0 spiro atoms. The van der Waals surface area contributed by atoms with Crippen molar-refractivity contribution in [1.82, 2.24) is 9.80 Å². The number of aliphatic hydroxyl groups excluding tert-OH is 1. The summed E-state index contributed by atoms with van der Waals surface area (Å²) in [5, 5.41) is 11.2. The first-order valence-electron chi connectivity index (χ1n) is 11.1. The number of ether oxygens (including phenoxy) is 1. The number of amides is 1. The molecule has 1 N–H and O–H groups in total. The van der Waals surface area contributed by atoms with Gasteiger partial charge in [0, 0.05) is 18.7 Å². The highest BCUT2D eigenvalue weighted by atomic mass is 16.5. The second-order valence-corrected chi connectivity index (χ2v) is 8.39. The van der Waals surface area contributed by atoms with Crippen LogP contribution in [0.5, 0.6) is 5.75 Å². The van der Waals surface area contributed by atoms with Crippen molar-refractivity contribution in [2.24, 2.45) is 0 Å². The van der Waals surface area contributed by atoms with Crippen molar-refractivity contribution in [2.45, 2.75) is 32.7 Å². The van der Waals surface area contributed by atoms with Gasteiger partial charge in [-0.25, -0.2) is 0 Å². The van der Waals surface area contributed by atoms with Crippen LogP contribution in [0.15, 0.2) is 54.1 Å². The van der Waals surface area contributed by atoms with Crippen LogP contribution >= 0.6 is 0 Å². The van der Waals surface area contributed by atoms with E-state index in [-0.39, 0.29) is 11.3 Å². The highest BCUT2D eigenvalue weighted by molar-refractivity contribution is 6.46. The smallest absolute Gasteiger partial charge is 0.295 e. The average Bonchev–Trinajstić information content (AvgIpc) is 3.03. The zero-order chi connectivity index (χ0) is 23.3. The molecule has 3 rings (SSSR count). The van der Waals surface area contributed by atoms with E-state index in [0.29, 0.717) is 25.3 Å². The fourth-order valence-electron chi connectivity index (χ4n) is 3.84. The monoisotopic (exact) mass is 436 g/mol. The lowest BCUT2D eigenvalue weighted by atomic mass is 9.95. The number of aryl methyl sites for hydroxylation is 1. The van der Waals surface area contributed by atoms with Crippen molar-refractivity contribution >= 4 is 17.4 Å². The average molecular weight is 437 g/mol. The number of unbranched alkanes of at least 4 members (excludes halogenated alkanes) is 1. The molecule has 6 heteroatoms. The summed E-state index contributed by atoms with van der Waals surface area (Å²) >= 11 is 0. The lowest BCUT2D eigenvalue weighted by molar-refractivity contribution is -0.140. The summed E-state index contributed by atoms with van der Waals surface area (Å²) in [5.41, 5.74) is 2.28. The number of hydrogen-bond acceptors (Lipinski definition) is 5. The van der Waals surface area contributed by atoms with Crippen molar-refractivity contribution < 1.29 is 19.4 Å². The predicted octanol–water partition coefficient (Wildman–Crippen LogP) is 4.16. The Morgan fingerprint density at radius 2 is 1.84 bits per heavy atom. The van der Waals surface area contributed by atoms with Crippen LogP contribution in [-0.4, -0.2) is 60.4 Å². The number of rotatable bonds is 9. The summed E-state index contributed by atoms with van der Waals surface area (Å²) in [6.45, 7) is 5.64. The van der Waals surface area contributed by atoms with Gasteiger partial charge in [-0.05, 0) is 56.8 Å². The van der Waals surface area contributed by atoms with Gasteiger partial charge >= 0.3 is 0 Å². The molecule has 1 saturated heterocycles. The van der Waals surface area contributed by atoms with E-state index in [1.807, 2.05) is 56.3 Å². The Balaban J connectivity index is 2.03. The van der Waals surface area contributed by atoms with Crippen LogP contribution < -0.4 is 4.74 Å². The molecule has 1 heterocycles. The quantitative estimate of drug-likeness (QED) is 0.277. The number of likely N-dealkylation sites (N-methyl/N-ethyl adjacent to an activating group) is 1. The maximum Gasteiger partial charge on any atom is 0.295 e. The number of nitrogens with zero attached hydrogens (tertiary/aromatic N) is 2. The SMILES string of the molecule is CCCCOc1ccc(/C(O)=C2\C(=O)C(=O)N(CCN(C)C)[C@H]2c2ccccc2)cc1C. The lowest BCUT2D eigenvalue weighted by Crippen LogP contribution is -2.35. The molecule has 0 saturated carbocycles. The highest BCUT2D eigenvalue weighted by Gasteiger charge is 2.45. The van der Waals surface area contributed by atoms with Crippen LogP contribution in [0, 0.1) is 6.92 Å². The van der Waals surface area contributed by atoms with E-state index in [2.05, 4.69) is 6.92 Å². The van der Waals surface area contributed by atoms with Gasteiger partial charge in [-0.2, -0.15) is 0 Å². The third-order valence-corrected chi connectivity index (χ3v) is 5.65. The molecular formula is C26H32N2O4. The van der Waals surface area contributed by atoms with E-state index in [1.165, 1.54) is 0 Å². The predicted molar refractivity (Wildman–Crippen MR) is 126 cm³/mol. The van der Waals surface area contributed by atoms with E-state index in [1.54, 1.807) is 23.1 Å². The molecule has 0 aliphatic carbocycles. The van der Waals surface area contributed by atoms with Crippen LogP contribution in [0.2, 0.25) is 0 Å². The Labute approximate surface area is 190 Å². The van der Waals surface area contributed by atoms with Crippen LogP contribution in [0.1, 0.15) is 42.5 Å². The Hall–Kier alpha value is -3.12. The number of Topliss-reactive ketones (excluding diaryl/α,β-unsaturated/α-hetero) is 1. The van der Waals surface area contributed by atoms with E-state index in [9.17, 15) is 14.7 Å². The van der Waals surface area contributed by atoms with Gasteiger partial charge in [0.05, 0.1) is 18.2 Å². The topological polar surface area (TPSA) is 70.1 Å². The molecule has 1 fully saturated rings. The normalized spacial score (nSPS) is 17.9. The van der Waals surface area contributed by atoms with Crippen molar-refractivity contribution in [3.63, 3.8) is 0 Å². The Morgan fingerprint density at radius 3 is 2.47 bits per heavy atom. The van der Waals surface area contributed by atoms with E-state index in [4.69, 9.17) is 4.74 Å². The van der Waals surface area contributed by atoms with Gasteiger partial charge in [0.25, 0.3) is 11.7 Å². The van der Waals surface area contributed by atoms with Gasteiger partial charge in [0.2, 0.25) is 0 Å². The minimum Gasteiger partial charge on any atom is -0.507 e. The number of hydrogen-bond donors (Lipinski definition) is 1. The maximum absolute atomic E-state index is 13.0. The number of carbonyl (C=O) groups excluding carboxylic acids is 2. The Kier molecular flexibility index (Phi) is 7.70. The molecule has 0 bridgehead atoms. The first-order chi connectivity index (χ1) is 15.3. The molecule has 6 nitrogen and oxygen atoms in total. The van der Waals surface area contributed by atoms with Gasteiger partial charge < -0.3 is 19.6 Å². The molecule has 32 heavy (non-hydrogen) atoms. The van der Waals surface area contributed by atoms with Crippen LogP contribution in [0.4, 0.5) is 0 Å². The zero-order valence-electron chi connectivity index (χ0n) is 19.3. The zero-order valence-corrected chi connectivity index (χ0v) is 19.3. The third kappa shape index (κ3) is 5.02. The van der Waals surface area contributed by atoms with Gasteiger partial charge in [-0.1, -0.05) is 43.7 Å². The van der Waals surface area contributed by atoms with Crippen molar-refractivity contribution in [2.75, 3.05) is 33.8 Å². The molecule has 0 aromatic heterocycles. The molecule has 1 aliphatic rings. The Morgan fingerprint density at radius 1 is 1.12 bits per heavy atom. The summed E-state index contributed by atoms with van der Waals surface area (Å²) < 4.78 is 5.81. The first-order valence-corrected chi connectivity index (χ1v) is 11.1. The number of aliphatic hydroxyl groups is 1. The van der Waals surface area contributed by atoms with Crippen LogP contribution in [-0.2, 0) is 9.59 Å². The molecule has 0 radical (unpaired) electrons. The number of benzene rings is 2. The summed E-state index contributed by atoms with van der Waals surface area (Å²) in [5.74, 6) is -0.650. The largest absolute Gasteiger partial charge is 0.507 e. The van der Waals surface area contributed by atoms with E-state index in [0.717, 1.165) is 29.7 Å². The van der Waals surface area contributed by atoms with Crippen molar-refractivity contribution in [3.8, 4) is 5.75 Å². The molecule has 1 amide bonds.